The summed E-state index contributed by atoms with van der Waals surface area (Å²) in [6.45, 7) is 1.65. The van der Waals surface area contributed by atoms with Crippen molar-refractivity contribution in [2.45, 2.75) is 24.9 Å². The molecule has 0 amide bonds. The van der Waals surface area contributed by atoms with Crippen LogP contribution in [0.2, 0.25) is 0 Å². The number of alkyl halides is 3. The standard InChI is InChI=1S/C14H13F3N6O2.ClH/c15-14(16,17)13-21-11(22-25-13)8-6-19-23-9(5-10(24)20-12(8)23)7-1-3-18-4-2-7;/h5-7,18H,1-4H2,(H,20,24);1H. The molecule has 2 N–H and O–H groups in total. The van der Waals surface area contributed by atoms with Crippen LogP contribution in [0.5, 0.6) is 0 Å². The van der Waals surface area contributed by atoms with Crippen LogP contribution < -0.4 is 10.9 Å². The topological polar surface area (TPSA) is 101 Å². The highest BCUT2D eigenvalue weighted by molar-refractivity contribution is 5.85. The summed E-state index contributed by atoms with van der Waals surface area (Å²) in [4.78, 5) is 18.0. The van der Waals surface area contributed by atoms with Crippen molar-refractivity contribution >= 4 is 18.1 Å². The first-order chi connectivity index (χ1) is 11.9. The number of H-pyrrole nitrogens is 1. The fourth-order valence-corrected chi connectivity index (χ4v) is 3.03. The molecule has 0 atom stereocenters. The molecule has 0 aromatic carbocycles. The second-order valence-electron chi connectivity index (χ2n) is 5.82. The summed E-state index contributed by atoms with van der Waals surface area (Å²) >= 11 is 0. The zero-order valence-electron chi connectivity index (χ0n) is 13.2. The van der Waals surface area contributed by atoms with Gasteiger partial charge in [0.25, 0.3) is 5.56 Å². The molecule has 1 aliphatic heterocycles. The van der Waals surface area contributed by atoms with Crippen LogP contribution in [0.1, 0.15) is 30.3 Å². The van der Waals surface area contributed by atoms with Crippen molar-refractivity contribution in [3.05, 3.63) is 34.2 Å². The van der Waals surface area contributed by atoms with Gasteiger partial charge >= 0.3 is 12.1 Å². The Bertz CT molecular complexity index is 973. The zero-order valence-corrected chi connectivity index (χ0v) is 14.0. The van der Waals surface area contributed by atoms with Crippen LogP contribution in [0.3, 0.4) is 0 Å². The molecule has 0 bridgehead atoms. The van der Waals surface area contributed by atoms with Crippen LogP contribution in [0.15, 0.2) is 21.6 Å². The van der Waals surface area contributed by atoms with Crippen LogP contribution in [0.25, 0.3) is 17.0 Å². The van der Waals surface area contributed by atoms with E-state index < -0.39 is 12.1 Å². The number of aromatic amines is 1. The molecule has 3 aromatic rings. The Kier molecular flexibility index (Phi) is 4.76. The van der Waals surface area contributed by atoms with E-state index >= 15 is 0 Å². The highest BCUT2D eigenvalue weighted by atomic mass is 35.5. The van der Waals surface area contributed by atoms with E-state index in [9.17, 15) is 18.0 Å². The third-order valence-electron chi connectivity index (χ3n) is 4.20. The van der Waals surface area contributed by atoms with Crippen LogP contribution >= 0.6 is 12.4 Å². The smallest absolute Gasteiger partial charge is 0.329 e. The van der Waals surface area contributed by atoms with Crippen LogP contribution in [-0.4, -0.2) is 37.8 Å². The second kappa shape index (κ2) is 6.72. The van der Waals surface area contributed by atoms with E-state index in [1.807, 2.05) is 0 Å². The molecule has 140 valence electrons. The van der Waals surface area contributed by atoms with E-state index in [0.29, 0.717) is 5.69 Å². The molecular weight excluding hydrogens is 377 g/mol. The molecule has 8 nitrogen and oxygen atoms in total. The maximum absolute atomic E-state index is 12.6. The molecule has 3 aromatic heterocycles. The van der Waals surface area contributed by atoms with Gasteiger partial charge in [0, 0.05) is 12.0 Å². The number of halogens is 4. The minimum atomic E-state index is -4.73. The zero-order chi connectivity index (χ0) is 17.6. The summed E-state index contributed by atoms with van der Waals surface area (Å²) < 4.78 is 43.7. The Labute approximate surface area is 150 Å². The first kappa shape index (κ1) is 18.4. The largest absolute Gasteiger partial charge is 0.471 e. The minimum absolute atomic E-state index is 0. The van der Waals surface area contributed by atoms with Crippen LogP contribution in [-0.2, 0) is 6.18 Å². The molecule has 4 rings (SSSR count). The van der Waals surface area contributed by atoms with Crippen molar-refractivity contribution in [3.8, 4) is 11.4 Å². The molecule has 12 heteroatoms. The normalized spacial score (nSPS) is 16.0. The van der Waals surface area contributed by atoms with E-state index in [2.05, 4.69) is 30.1 Å². The lowest BCUT2D eigenvalue weighted by atomic mass is 9.94. The fourth-order valence-electron chi connectivity index (χ4n) is 3.03. The molecule has 1 saturated heterocycles. The molecule has 0 unspecified atom stereocenters. The number of hydrogen-bond acceptors (Lipinski definition) is 6. The van der Waals surface area contributed by atoms with Gasteiger partial charge in [-0.1, -0.05) is 5.16 Å². The van der Waals surface area contributed by atoms with Gasteiger partial charge in [0.2, 0.25) is 5.82 Å². The van der Waals surface area contributed by atoms with Crippen molar-refractivity contribution in [2.24, 2.45) is 0 Å². The lowest BCUT2D eigenvalue weighted by Gasteiger charge is -2.23. The minimum Gasteiger partial charge on any atom is -0.329 e. The number of aromatic nitrogens is 5. The number of nitrogens with zero attached hydrogens (tertiary/aromatic N) is 4. The summed E-state index contributed by atoms with van der Waals surface area (Å²) in [5, 5.41) is 10.8. The molecule has 4 heterocycles. The highest BCUT2D eigenvalue weighted by Gasteiger charge is 2.39. The van der Waals surface area contributed by atoms with Gasteiger partial charge in [-0.25, -0.2) is 4.52 Å². The molecule has 0 spiro atoms. The Hall–Kier alpha value is -2.40. The molecule has 0 aliphatic carbocycles. The van der Waals surface area contributed by atoms with Crippen molar-refractivity contribution in [2.75, 3.05) is 13.1 Å². The van der Waals surface area contributed by atoms with Gasteiger partial charge in [0.15, 0.2) is 0 Å². The first-order valence-corrected chi connectivity index (χ1v) is 7.66. The van der Waals surface area contributed by atoms with E-state index in [0.717, 1.165) is 25.9 Å². The summed E-state index contributed by atoms with van der Waals surface area (Å²) in [5.41, 5.74) is 0.774. The lowest BCUT2D eigenvalue weighted by molar-refractivity contribution is -0.159. The maximum Gasteiger partial charge on any atom is 0.471 e. The third-order valence-corrected chi connectivity index (χ3v) is 4.20. The average molecular weight is 391 g/mol. The molecule has 0 radical (unpaired) electrons. The number of fused-ring (bicyclic) bond motifs is 1. The van der Waals surface area contributed by atoms with Crippen molar-refractivity contribution in [3.63, 3.8) is 0 Å². The van der Waals surface area contributed by atoms with E-state index in [1.54, 1.807) is 0 Å². The second-order valence-corrected chi connectivity index (χ2v) is 5.82. The number of rotatable bonds is 2. The number of nitrogens with one attached hydrogen (secondary N) is 2. The quantitative estimate of drug-likeness (QED) is 0.694. The Balaban J connectivity index is 0.00000196. The van der Waals surface area contributed by atoms with Gasteiger partial charge in [-0.2, -0.15) is 23.3 Å². The summed E-state index contributed by atoms with van der Waals surface area (Å²) in [5.74, 6) is -1.59. The van der Waals surface area contributed by atoms with Gasteiger partial charge in [0.1, 0.15) is 5.65 Å². The monoisotopic (exact) mass is 390 g/mol. The molecular formula is C14H14ClF3N6O2. The Morgan fingerprint density at radius 3 is 2.65 bits per heavy atom. The average Bonchev–Trinajstić information content (AvgIpc) is 3.21. The summed E-state index contributed by atoms with van der Waals surface area (Å²) in [6, 6.07) is 1.47. The number of hydrogen-bond donors (Lipinski definition) is 2. The summed E-state index contributed by atoms with van der Waals surface area (Å²) in [6.07, 6.45) is -1.73. The van der Waals surface area contributed by atoms with Gasteiger partial charge in [-0.3, -0.25) is 4.79 Å². The Morgan fingerprint density at radius 1 is 1.27 bits per heavy atom. The van der Waals surface area contributed by atoms with Crippen LogP contribution in [0.4, 0.5) is 13.2 Å². The lowest BCUT2D eigenvalue weighted by Crippen LogP contribution is -2.28. The number of piperidine rings is 1. The van der Waals surface area contributed by atoms with Gasteiger partial charge < -0.3 is 14.8 Å². The molecule has 1 aliphatic rings. The maximum atomic E-state index is 12.6. The summed E-state index contributed by atoms with van der Waals surface area (Å²) in [7, 11) is 0. The fraction of sp³-hybridized carbons (Fsp3) is 0.429. The van der Waals surface area contributed by atoms with Crippen molar-refractivity contribution in [1.29, 1.82) is 0 Å². The van der Waals surface area contributed by atoms with Gasteiger partial charge in [0.05, 0.1) is 17.5 Å². The van der Waals surface area contributed by atoms with Crippen LogP contribution in [0, 0.1) is 0 Å². The third kappa shape index (κ3) is 3.19. The van der Waals surface area contributed by atoms with Crippen molar-refractivity contribution in [1.82, 2.24) is 30.1 Å². The molecule has 1 fully saturated rings. The predicted molar refractivity (Wildman–Crippen MR) is 86.2 cm³/mol. The predicted octanol–water partition coefficient (Wildman–Crippen LogP) is 1.98. The Morgan fingerprint density at radius 2 is 2.00 bits per heavy atom. The van der Waals surface area contributed by atoms with E-state index in [1.165, 1.54) is 16.8 Å². The molecule has 0 saturated carbocycles. The van der Waals surface area contributed by atoms with Gasteiger partial charge in [-0.05, 0) is 25.9 Å². The SMILES string of the molecule is Cl.O=c1cc(C2CCNCC2)n2ncc(-c3noc(C(F)(F)F)n3)c2[nH]1. The highest BCUT2D eigenvalue weighted by Crippen LogP contribution is 2.31. The van der Waals surface area contributed by atoms with Crippen molar-refractivity contribution < 1.29 is 17.7 Å². The first-order valence-electron chi connectivity index (χ1n) is 7.66. The molecule has 26 heavy (non-hydrogen) atoms. The van der Waals surface area contributed by atoms with Gasteiger partial charge in [-0.15, -0.1) is 12.4 Å². The van der Waals surface area contributed by atoms with E-state index in [4.69, 9.17) is 0 Å². The van der Waals surface area contributed by atoms with E-state index in [-0.39, 0.29) is 40.9 Å².